The number of rotatable bonds is 6. The molecule has 1 aliphatic heterocycles. The number of nitrogens with zero attached hydrogens (tertiary/aromatic N) is 2. The van der Waals surface area contributed by atoms with E-state index in [1.165, 1.54) is 24.0 Å². The maximum absolute atomic E-state index is 12.3. The Kier molecular flexibility index (Phi) is 6.86. The van der Waals surface area contributed by atoms with Gasteiger partial charge >= 0.3 is 5.97 Å². The Bertz CT molecular complexity index is 1100. The van der Waals surface area contributed by atoms with E-state index in [4.69, 9.17) is 9.72 Å². The zero-order chi connectivity index (χ0) is 22.7. The molecule has 0 radical (unpaired) electrons. The molecule has 1 saturated heterocycles. The number of piperidine rings is 1. The number of benzene rings is 1. The van der Waals surface area contributed by atoms with Gasteiger partial charge in [0.15, 0.2) is 0 Å². The lowest BCUT2D eigenvalue weighted by molar-refractivity contribution is -0.118. The lowest BCUT2D eigenvalue weighted by atomic mass is 9.89. The number of carbonyl (C=O) groups excluding carboxylic acids is 2. The minimum Gasteiger partial charge on any atom is -0.465 e. The topological polar surface area (TPSA) is 71.5 Å². The Labute approximate surface area is 192 Å². The standard InChI is InChI=1S/C25H29N3O3S/c1-16(2)23(29)27-21-20-10-9-19(26-24(20)32-22(21)25(30)31-3)15-28-13-11-18(12-14-28)17-7-5-4-6-8-17/h4-10,16,18H,11-15H2,1-3H3,(H,27,29). The molecule has 168 valence electrons. The van der Waals surface area contributed by atoms with Crippen LogP contribution in [-0.2, 0) is 16.1 Å². The number of thiophene rings is 1. The van der Waals surface area contributed by atoms with Crippen molar-refractivity contribution < 1.29 is 14.3 Å². The molecule has 1 fully saturated rings. The van der Waals surface area contributed by atoms with Crippen LogP contribution in [0.1, 0.15) is 53.5 Å². The molecular weight excluding hydrogens is 422 g/mol. The smallest absolute Gasteiger partial charge is 0.350 e. The van der Waals surface area contributed by atoms with Crippen LogP contribution in [0.2, 0.25) is 0 Å². The summed E-state index contributed by atoms with van der Waals surface area (Å²) in [4.78, 5) is 33.0. The summed E-state index contributed by atoms with van der Waals surface area (Å²) < 4.78 is 4.93. The van der Waals surface area contributed by atoms with Crippen molar-refractivity contribution in [1.29, 1.82) is 0 Å². The van der Waals surface area contributed by atoms with Gasteiger partial charge in [-0.3, -0.25) is 9.69 Å². The third-order valence-electron chi connectivity index (χ3n) is 6.00. The largest absolute Gasteiger partial charge is 0.465 e. The predicted molar refractivity (Wildman–Crippen MR) is 128 cm³/mol. The third kappa shape index (κ3) is 4.84. The van der Waals surface area contributed by atoms with Crippen molar-refractivity contribution in [2.24, 2.45) is 5.92 Å². The number of ether oxygens (including phenoxy) is 1. The molecule has 0 unspecified atom stereocenters. The lowest BCUT2D eigenvalue weighted by Gasteiger charge is -2.32. The van der Waals surface area contributed by atoms with Crippen molar-refractivity contribution in [2.45, 2.75) is 39.2 Å². The number of anilines is 1. The quantitative estimate of drug-likeness (QED) is 0.531. The third-order valence-corrected chi connectivity index (χ3v) is 7.08. The first-order valence-electron chi connectivity index (χ1n) is 11.0. The summed E-state index contributed by atoms with van der Waals surface area (Å²) in [7, 11) is 1.35. The maximum Gasteiger partial charge on any atom is 0.350 e. The highest BCUT2D eigenvalue weighted by atomic mass is 32.1. The molecule has 0 aliphatic carbocycles. The van der Waals surface area contributed by atoms with Gasteiger partial charge in [-0.2, -0.15) is 0 Å². The minimum absolute atomic E-state index is 0.139. The Balaban J connectivity index is 1.50. The number of esters is 1. The molecule has 32 heavy (non-hydrogen) atoms. The summed E-state index contributed by atoms with van der Waals surface area (Å²) in [5.41, 5.74) is 2.89. The second-order valence-electron chi connectivity index (χ2n) is 8.56. The molecular formula is C25H29N3O3S. The number of pyridine rings is 1. The second-order valence-corrected chi connectivity index (χ2v) is 9.56. The Morgan fingerprint density at radius 1 is 1.16 bits per heavy atom. The van der Waals surface area contributed by atoms with Gasteiger partial charge < -0.3 is 10.1 Å². The molecule has 0 spiro atoms. The van der Waals surface area contributed by atoms with Crippen molar-refractivity contribution in [3.05, 3.63) is 58.6 Å². The zero-order valence-electron chi connectivity index (χ0n) is 18.8. The van der Waals surface area contributed by atoms with Crippen LogP contribution >= 0.6 is 11.3 Å². The number of nitrogens with one attached hydrogen (secondary N) is 1. The minimum atomic E-state index is -0.461. The van der Waals surface area contributed by atoms with E-state index in [9.17, 15) is 9.59 Å². The fraction of sp³-hybridized carbons (Fsp3) is 0.400. The highest BCUT2D eigenvalue weighted by Crippen LogP contribution is 2.36. The van der Waals surface area contributed by atoms with Crippen LogP contribution in [0, 0.1) is 5.92 Å². The number of amides is 1. The normalized spacial score (nSPS) is 15.2. The molecule has 3 heterocycles. The summed E-state index contributed by atoms with van der Waals surface area (Å²) in [5.74, 6) is -0.173. The van der Waals surface area contributed by atoms with E-state index in [-0.39, 0.29) is 11.8 Å². The van der Waals surface area contributed by atoms with Gasteiger partial charge in [0.2, 0.25) is 5.91 Å². The van der Waals surface area contributed by atoms with Crippen molar-refractivity contribution in [2.75, 3.05) is 25.5 Å². The molecule has 3 aromatic rings. The van der Waals surface area contributed by atoms with E-state index >= 15 is 0 Å². The zero-order valence-corrected chi connectivity index (χ0v) is 19.6. The predicted octanol–water partition coefficient (Wildman–Crippen LogP) is 5.06. The highest BCUT2D eigenvalue weighted by molar-refractivity contribution is 7.21. The average molecular weight is 452 g/mol. The highest BCUT2D eigenvalue weighted by Gasteiger charge is 2.24. The Hall–Kier alpha value is -2.77. The van der Waals surface area contributed by atoms with Crippen LogP contribution in [0.15, 0.2) is 42.5 Å². The number of carbonyl (C=O) groups is 2. The fourth-order valence-corrected chi connectivity index (χ4v) is 5.18. The molecule has 1 aliphatic rings. The van der Waals surface area contributed by atoms with Crippen LogP contribution in [0.5, 0.6) is 0 Å². The number of methoxy groups -OCH3 is 1. The first-order valence-corrected chi connectivity index (χ1v) is 11.9. The second kappa shape index (κ2) is 9.79. The van der Waals surface area contributed by atoms with E-state index in [1.54, 1.807) is 0 Å². The number of fused-ring (bicyclic) bond motifs is 1. The monoisotopic (exact) mass is 451 g/mol. The van der Waals surface area contributed by atoms with Crippen LogP contribution < -0.4 is 5.32 Å². The van der Waals surface area contributed by atoms with Crippen LogP contribution in [0.4, 0.5) is 5.69 Å². The fourth-order valence-electron chi connectivity index (χ4n) is 4.11. The van der Waals surface area contributed by atoms with Crippen LogP contribution in [0.3, 0.4) is 0 Å². The van der Waals surface area contributed by atoms with E-state index in [0.717, 1.165) is 48.4 Å². The van der Waals surface area contributed by atoms with Crippen molar-refractivity contribution >= 4 is 39.1 Å². The molecule has 0 atom stereocenters. The van der Waals surface area contributed by atoms with Crippen molar-refractivity contribution in [3.8, 4) is 0 Å². The summed E-state index contributed by atoms with van der Waals surface area (Å²) in [6, 6.07) is 14.7. The SMILES string of the molecule is COC(=O)c1sc2nc(CN3CCC(c4ccccc4)CC3)ccc2c1NC(=O)C(C)C. The van der Waals surface area contributed by atoms with Crippen LogP contribution in [-0.4, -0.2) is 42.0 Å². The van der Waals surface area contributed by atoms with Crippen molar-refractivity contribution in [3.63, 3.8) is 0 Å². The van der Waals surface area contributed by atoms with Gasteiger partial charge in [-0.15, -0.1) is 11.3 Å². The van der Waals surface area contributed by atoms with E-state index in [0.29, 0.717) is 16.5 Å². The molecule has 7 heteroatoms. The number of hydrogen-bond acceptors (Lipinski definition) is 6. The summed E-state index contributed by atoms with van der Waals surface area (Å²) in [6.07, 6.45) is 2.28. The maximum atomic E-state index is 12.3. The van der Waals surface area contributed by atoms with Gasteiger partial charge in [0.1, 0.15) is 9.71 Å². The molecule has 1 aromatic carbocycles. The molecule has 0 saturated carbocycles. The number of likely N-dealkylation sites (tertiary alicyclic amines) is 1. The summed E-state index contributed by atoms with van der Waals surface area (Å²) in [6.45, 7) is 6.48. The average Bonchev–Trinajstić information content (AvgIpc) is 3.17. The molecule has 1 N–H and O–H groups in total. The molecule has 2 aromatic heterocycles. The van der Waals surface area contributed by atoms with E-state index in [1.807, 2.05) is 26.0 Å². The number of aromatic nitrogens is 1. The van der Waals surface area contributed by atoms with Gasteiger partial charge in [-0.25, -0.2) is 9.78 Å². The first kappa shape index (κ1) is 22.4. The Morgan fingerprint density at radius 3 is 2.53 bits per heavy atom. The molecule has 1 amide bonds. The van der Waals surface area contributed by atoms with E-state index in [2.05, 4.69) is 40.5 Å². The van der Waals surface area contributed by atoms with Crippen molar-refractivity contribution in [1.82, 2.24) is 9.88 Å². The van der Waals surface area contributed by atoms with Gasteiger partial charge in [-0.1, -0.05) is 44.2 Å². The molecule has 0 bridgehead atoms. The summed E-state index contributed by atoms with van der Waals surface area (Å²) >= 11 is 1.27. The van der Waals surface area contributed by atoms with Gasteiger partial charge in [-0.05, 0) is 49.5 Å². The van der Waals surface area contributed by atoms with Gasteiger partial charge in [0, 0.05) is 17.8 Å². The van der Waals surface area contributed by atoms with Gasteiger partial charge in [0.25, 0.3) is 0 Å². The van der Waals surface area contributed by atoms with Gasteiger partial charge in [0.05, 0.1) is 18.5 Å². The first-order chi connectivity index (χ1) is 15.5. The molecule has 4 rings (SSSR count). The van der Waals surface area contributed by atoms with Crippen LogP contribution in [0.25, 0.3) is 10.2 Å². The molecule has 6 nitrogen and oxygen atoms in total. The number of hydrogen-bond donors (Lipinski definition) is 1. The van der Waals surface area contributed by atoms with E-state index < -0.39 is 5.97 Å². The lowest BCUT2D eigenvalue weighted by Crippen LogP contribution is -2.32. The Morgan fingerprint density at radius 2 is 1.88 bits per heavy atom. The summed E-state index contributed by atoms with van der Waals surface area (Å²) in [5, 5.41) is 3.66.